The molecule has 4 heteroatoms. The summed E-state index contributed by atoms with van der Waals surface area (Å²) in [5.41, 5.74) is 0.732. The second kappa shape index (κ2) is 5.26. The van der Waals surface area contributed by atoms with Crippen LogP contribution in [0.5, 0.6) is 0 Å². The van der Waals surface area contributed by atoms with Crippen LogP contribution in [0.1, 0.15) is 31.5 Å². The highest BCUT2D eigenvalue weighted by atomic mass is 16.1. The van der Waals surface area contributed by atoms with E-state index in [0.717, 1.165) is 35.6 Å². The van der Waals surface area contributed by atoms with Crippen molar-refractivity contribution in [2.24, 2.45) is 17.8 Å². The number of hydrogen-bond acceptors (Lipinski definition) is 3. The number of nitrogens with one attached hydrogen (secondary N) is 2. The average molecular weight is 283 g/mol. The first-order valence-electron chi connectivity index (χ1n) is 7.98. The van der Waals surface area contributed by atoms with Crippen LogP contribution < -0.4 is 10.9 Å². The quantitative estimate of drug-likeness (QED) is 0.906. The van der Waals surface area contributed by atoms with E-state index < -0.39 is 0 Å². The van der Waals surface area contributed by atoms with E-state index in [4.69, 9.17) is 0 Å². The van der Waals surface area contributed by atoms with E-state index in [0.29, 0.717) is 11.9 Å². The van der Waals surface area contributed by atoms with Gasteiger partial charge in [0.1, 0.15) is 5.82 Å². The van der Waals surface area contributed by atoms with E-state index in [1.54, 1.807) is 0 Å². The normalized spacial score (nSPS) is 27.5. The van der Waals surface area contributed by atoms with Crippen molar-refractivity contribution in [1.29, 1.82) is 0 Å². The molecule has 110 valence electrons. The van der Waals surface area contributed by atoms with Crippen molar-refractivity contribution in [3.8, 4) is 0 Å². The van der Waals surface area contributed by atoms with E-state index in [1.165, 1.54) is 25.7 Å². The van der Waals surface area contributed by atoms with Gasteiger partial charge < -0.3 is 10.3 Å². The number of fused-ring (bicyclic) bond motifs is 3. The number of hydrogen-bond donors (Lipinski definition) is 2. The lowest BCUT2D eigenvalue weighted by atomic mass is 9.89. The van der Waals surface area contributed by atoms with Gasteiger partial charge in [0.25, 0.3) is 5.56 Å². The van der Waals surface area contributed by atoms with Crippen LogP contribution in [0.25, 0.3) is 10.9 Å². The third-order valence-corrected chi connectivity index (χ3v) is 5.25. The first-order valence-corrected chi connectivity index (χ1v) is 7.98. The smallest absolute Gasteiger partial charge is 0.258 e. The Balaban J connectivity index is 1.42. The fourth-order valence-electron chi connectivity index (χ4n) is 4.22. The molecule has 1 aromatic carbocycles. The number of aromatic nitrogens is 2. The van der Waals surface area contributed by atoms with Crippen LogP contribution >= 0.6 is 0 Å². The Kier molecular flexibility index (Phi) is 3.26. The summed E-state index contributed by atoms with van der Waals surface area (Å²) in [6.07, 6.45) is 5.69. The molecule has 0 aliphatic heterocycles. The van der Waals surface area contributed by atoms with Crippen molar-refractivity contribution >= 4 is 10.9 Å². The van der Waals surface area contributed by atoms with Gasteiger partial charge in [-0.05, 0) is 55.7 Å². The number of benzene rings is 1. The average Bonchev–Trinajstić information content (AvgIpc) is 3.10. The van der Waals surface area contributed by atoms with Gasteiger partial charge in [0, 0.05) is 0 Å². The Labute approximate surface area is 124 Å². The molecule has 2 fully saturated rings. The van der Waals surface area contributed by atoms with Gasteiger partial charge in [0.05, 0.1) is 17.4 Å². The molecule has 0 spiro atoms. The highest BCUT2D eigenvalue weighted by Crippen LogP contribution is 2.47. The lowest BCUT2D eigenvalue weighted by Crippen LogP contribution is -2.27. The summed E-state index contributed by atoms with van der Waals surface area (Å²) in [6.45, 7) is 1.70. The fourth-order valence-corrected chi connectivity index (χ4v) is 4.22. The molecule has 0 radical (unpaired) electrons. The first kappa shape index (κ1) is 13.0. The number of H-pyrrole nitrogens is 1. The predicted octanol–water partition coefficient (Wildman–Crippen LogP) is 2.45. The SMILES string of the molecule is O=c1[nH]c(CNCC2CC3CCC2C3)nc2ccccc12. The summed E-state index contributed by atoms with van der Waals surface area (Å²) >= 11 is 0. The minimum atomic E-state index is -0.0441. The molecule has 0 saturated heterocycles. The second-order valence-electron chi connectivity index (χ2n) is 6.60. The van der Waals surface area contributed by atoms with Crippen LogP contribution in [0.4, 0.5) is 0 Å². The minimum Gasteiger partial charge on any atom is -0.310 e. The van der Waals surface area contributed by atoms with Crippen LogP contribution in [0, 0.1) is 17.8 Å². The third kappa shape index (κ3) is 2.48. The molecule has 0 amide bonds. The Bertz CT molecular complexity index is 708. The lowest BCUT2D eigenvalue weighted by molar-refractivity contribution is 0.317. The zero-order chi connectivity index (χ0) is 14.2. The van der Waals surface area contributed by atoms with Crippen molar-refractivity contribution < 1.29 is 0 Å². The van der Waals surface area contributed by atoms with Crippen molar-refractivity contribution in [3.63, 3.8) is 0 Å². The molecule has 2 bridgehead atoms. The molecule has 2 aliphatic carbocycles. The highest BCUT2D eigenvalue weighted by molar-refractivity contribution is 5.77. The van der Waals surface area contributed by atoms with Crippen molar-refractivity contribution in [2.45, 2.75) is 32.2 Å². The van der Waals surface area contributed by atoms with Gasteiger partial charge in [-0.25, -0.2) is 4.98 Å². The first-order chi connectivity index (χ1) is 10.3. The maximum absolute atomic E-state index is 12.0. The van der Waals surface area contributed by atoms with E-state index >= 15 is 0 Å². The molecule has 2 N–H and O–H groups in total. The van der Waals surface area contributed by atoms with Gasteiger partial charge in [0.15, 0.2) is 0 Å². The lowest BCUT2D eigenvalue weighted by Gasteiger charge is -2.21. The molecule has 4 nitrogen and oxygen atoms in total. The van der Waals surface area contributed by atoms with Crippen LogP contribution in [-0.4, -0.2) is 16.5 Å². The Morgan fingerprint density at radius 2 is 2.14 bits per heavy atom. The van der Waals surface area contributed by atoms with Crippen molar-refractivity contribution in [3.05, 3.63) is 40.4 Å². The molecular weight excluding hydrogens is 262 g/mol. The number of para-hydroxylation sites is 1. The third-order valence-electron chi connectivity index (χ3n) is 5.25. The second-order valence-corrected chi connectivity index (χ2v) is 6.60. The zero-order valence-electron chi connectivity index (χ0n) is 12.1. The maximum atomic E-state index is 12.0. The molecule has 1 heterocycles. The summed E-state index contributed by atoms with van der Waals surface area (Å²) in [5, 5.41) is 4.15. The number of aromatic amines is 1. The fraction of sp³-hybridized carbons (Fsp3) is 0.529. The van der Waals surface area contributed by atoms with Crippen LogP contribution in [0.3, 0.4) is 0 Å². The molecule has 1 aromatic heterocycles. The summed E-state index contributed by atoms with van der Waals surface area (Å²) in [4.78, 5) is 19.4. The molecule has 3 atom stereocenters. The van der Waals surface area contributed by atoms with Crippen LogP contribution in [-0.2, 0) is 6.54 Å². The van der Waals surface area contributed by atoms with Gasteiger partial charge in [-0.1, -0.05) is 18.6 Å². The van der Waals surface area contributed by atoms with Crippen molar-refractivity contribution in [2.75, 3.05) is 6.54 Å². The molecular formula is C17H21N3O. The van der Waals surface area contributed by atoms with Gasteiger partial charge in [-0.3, -0.25) is 4.79 Å². The molecule has 4 rings (SSSR count). The van der Waals surface area contributed by atoms with E-state index in [1.807, 2.05) is 24.3 Å². The van der Waals surface area contributed by atoms with E-state index in [9.17, 15) is 4.79 Å². The molecule has 3 unspecified atom stereocenters. The Morgan fingerprint density at radius 1 is 1.24 bits per heavy atom. The summed E-state index contributed by atoms with van der Waals surface area (Å²) in [6, 6.07) is 7.49. The number of rotatable bonds is 4. The van der Waals surface area contributed by atoms with Crippen molar-refractivity contribution in [1.82, 2.24) is 15.3 Å². The van der Waals surface area contributed by atoms with Crippen LogP contribution in [0.2, 0.25) is 0 Å². The molecule has 2 aromatic rings. The predicted molar refractivity (Wildman–Crippen MR) is 83.0 cm³/mol. The molecule has 2 saturated carbocycles. The van der Waals surface area contributed by atoms with Crippen LogP contribution in [0.15, 0.2) is 29.1 Å². The Morgan fingerprint density at radius 3 is 2.95 bits per heavy atom. The maximum Gasteiger partial charge on any atom is 0.258 e. The summed E-state index contributed by atoms with van der Waals surface area (Å²) in [5.74, 6) is 3.49. The minimum absolute atomic E-state index is 0.0441. The largest absolute Gasteiger partial charge is 0.310 e. The van der Waals surface area contributed by atoms with E-state index in [-0.39, 0.29) is 5.56 Å². The highest BCUT2D eigenvalue weighted by Gasteiger charge is 2.38. The Hall–Kier alpha value is -1.68. The topological polar surface area (TPSA) is 57.8 Å². The summed E-state index contributed by atoms with van der Waals surface area (Å²) in [7, 11) is 0. The van der Waals surface area contributed by atoms with Gasteiger partial charge in [-0.15, -0.1) is 0 Å². The number of nitrogens with zero attached hydrogens (tertiary/aromatic N) is 1. The summed E-state index contributed by atoms with van der Waals surface area (Å²) < 4.78 is 0. The standard InChI is InChI=1S/C17H21N3O/c21-17-14-3-1-2-4-15(14)19-16(20-17)10-18-9-13-8-11-5-6-12(13)7-11/h1-4,11-13,18H,5-10H2,(H,19,20,21). The molecule has 21 heavy (non-hydrogen) atoms. The van der Waals surface area contributed by atoms with Gasteiger partial charge in [0.2, 0.25) is 0 Å². The van der Waals surface area contributed by atoms with E-state index in [2.05, 4.69) is 15.3 Å². The van der Waals surface area contributed by atoms with Gasteiger partial charge in [-0.2, -0.15) is 0 Å². The molecule has 2 aliphatic rings. The monoisotopic (exact) mass is 283 g/mol. The van der Waals surface area contributed by atoms with Gasteiger partial charge >= 0.3 is 0 Å². The zero-order valence-corrected chi connectivity index (χ0v) is 12.1.